The van der Waals surface area contributed by atoms with Gasteiger partial charge in [-0.2, -0.15) is 5.26 Å². The van der Waals surface area contributed by atoms with Gasteiger partial charge in [0.2, 0.25) is 0 Å². The van der Waals surface area contributed by atoms with Crippen LogP contribution in [-0.2, 0) is 13.0 Å². The summed E-state index contributed by atoms with van der Waals surface area (Å²) in [7, 11) is 0. The largest absolute Gasteiger partial charge is 0.350 e. The molecule has 2 aromatic rings. The lowest BCUT2D eigenvalue weighted by Gasteiger charge is -2.40. The van der Waals surface area contributed by atoms with Crippen molar-refractivity contribution in [2.24, 2.45) is 0 Å². The summed E-state index contributed by atoms with van der Waals surface area (Å²) in [6.45, 7) is 4.74. The van der Waals surface area contributed by atoms with E-state index in [0.717, 1.165) is 31.6 Å². The lowest BCUT2D eigenvalue weighted by Crippen LogP contribution is -2.54. The molecule has 2 aliphatic heterocycles. The summed E-state index contributed by atoms with van der Waals surface area (Å²) in [5, 5.41) is 9.24. The zero-order chi connectivity index (χ0) is 18.1. The molecule has 4 rings (SSSR count). The highest BCUT2D eigenvalue weighted by Gasteiger charge is 2.32. The Kier molecular flexibility index (Phi) is 4.29. The first-order chi connectivity index (χ1) is 12.7. The highest BCUT2D eigenvalue weighted by molar-refractivity contribution is 5.93. The molecule has 0 N–H and O–H groups in total. The number of amides is 1. The predicted molar refractivity (Wildman–Crippen MR) is 94.6 cm³/mol. The molecule has 0 radical (unpaired) electrons. The summed E-state index contributed by atoms with van der Waals surface area (Å²) in [5.41, 5.74) is 1.02. The van der Waals surface area contributed by atoms with Crippen molar-refractivity contribution in [3.63, 3.8) is 0 Å². The Morgan fingerprint density at radius 2 is 2.04 bits per heavy atom. The van der Waals surface area contributed by atoms with Gasteiger partial charge in [-0.05, 0) is 19.8 Å². The quantitative estimate of drug-likeness (QED) is 0.808. The molecule has 0 aromatic carbocycles. The van der Waals surface area contributed by atoms with Gasteiger partial charge in [0.05, 0.1) is 6.20 Å². The van der Waals surface area contributed by atoms with Crippen LogP contribution >= 0.6 is 0 Å². The van der Waals surface area contributed by atoms with Gasteiger partial charge in [0.1, 0.15) is 17.6 Å². The van der Waals surface area contributed by atoms with E-state index < -0.39 is 0 Å². The Hall–Kier alpha value is -2.95. The summed E-state index contributed by atoms with van der Waals surface area (Å²) in [6, 6.07) is 2.10. The zero-order valence-electron chi connectivity index (χ0n) is 14.8. The topological polar surface area (TPSA) is 90.9 Å². The summed E-state index contributed by atoms with van der Waals surface area (Å²) in [5.74, 6) is 1.65. The minimum absolute atomic E-state index is 0.0135. The van der Waals surface area contributed by atoms with Crippen molar-refractivity contribution in [3.05, 3.63) is 35.8 Å². The molecule has 26 heavy (non-hydrogen) atoms. The molecule has 0 spiro atoms. The number of anilines is 1. The van der Waals surface area contributed by atoms with E-state index >= 15 is 0 Å². The fourth-order valence-corrected chi connectivity index (χ4v) is 3.83. The average Bonchev–Trinajstić information content (AvgIpc) is 3.11. The van der Waals surface area contributed by atoms with Crippen LogP contribution < -0.4 is 4.90 Å². The van der Waals surface area contributed by atoms with Crippen molar-refractivity contribution in [3.8, 4) is 6.07 Å². The highest BCUT2D eigenvalue weighted by Crippen LogP contribution is 2.22. The van der Waals surface area contributed by atoms with Crippen LogP contribution in [-0.4, -0.2) is 56.0 Å². The van der Waals surface area contributed by atoms with Gasteiger partial charge in [0.15, 0.2) is 11.5 Å². The summed E-state index contributed by atoms with van der Waals surface area (Å²) in [6.07, 6.45) is 8.01. The van der Waals surface area contributed by atoms with Crippen molar-refractivity contribution < 1.29 is 4.79 Å². The number of hydrogen-bond donors (Lipinski definition) is 0. The monoisotopic (exact) mass is 351 g/mol. The molecule has 2 aromatic heterocycles. The smallest absolute Gasteiger partial charge is 0.272 e. The van der Waals surface area contributed by atoms with E-state index in [-0.39, 0.29) is 11.9 Å². The zero-order valence-corrected chi connectivity index (χ0v) is 14.8. The van der Waals surface area contributed by atoms with Crippen LogP contribution in [0.5, 0.6) is 0 Å². The van der Waals surface area contributed by atoms with Crippen molar-refractivity contribution in [1.82, 2.24) is 24.4 Å². The lowest BCUT2D eigenvalue weighted by atomic mass is 10.1. The SMILES string of the molecule is CC1CN(c2nccnc2C#N)CCN1C(=O)c1cnc2n1CCCC2. The fraction of sp³-hybridized carbons (Fsp3) is 0.500. The molecule has 134 valence electrons. The van der Waals surface area contributed by atoms with Crippen molar-refractivity contribution >= 4 is 11.7 Å². The number of aryl methyl sites for hydroxylation is 1. The molecule has 1 atom stereocenters. The van der Waals surface area contributed by atoms with Gasteiger partial charge in [0.25, 0.3) is 5.91 Å². The van der Waals surface area contributed by atoms with Gasteiger partial charge >= 0.3 is 0 Å². The van der Waals surface area contributed by atoms with Crippen LogP contribution in [0.25, 0.3) is 0 Å². The van der Waals surface area contributed by atoms with Gasteiger partial charge in [-0.1, -0.05) is 0 Å². The molecule has 1 fully saturated rings. The first-order valence-electron chi connectivity index (χ1n) is 9.00. The predicted octanol–water partition coefficient (Wildman–Crippen LogP) is 1.23. The third-order valence-electron chi connectivity index (χ3n) is 5.16. The lowest BCUT2D eigenvalue weighted by molar-refractivity contribution is 0.0661. The van der Waals surface area contributed by atoms with Crippen LogP contribution in [0.4, 0.5) is 5.82 Å². The van der Waals surface area contributed by atoms with E-state index in [1.807, 2.05) is 16.7 Å². The number of piperazine rings is 1. The first-order valence-corrected chi connectivity index (χ1v) is 9.00. The van der Waals surface area contributed by atoms with Gasteiger partial charge < -0.3 is 14.4 Å². The molecule has 0 aliphatic carbocycles. The maximum atomic E-state index is 13.1. The van der Waals surface area contributed by atoms with Gasteiger partial charge in [-0.15, -0.1) is 0 Å². The number of fused-ring (bicyclic) bond motifs is 1. The van der Waals surface area contributed by atoms with Gasteiger partial charge in [0, 0.05) is 51.0 Å². The summed E-state index contributed by atoms with van der Waals surface area (Å²) in [4.78, 5) is 29.8. The molecule has 0 bridgehead atoms. The first kappa shape index (κ1) is 16.5. The molecule has 1 saturated heterocycles. The Morgan fingerprint density at radius 1 is 1.19 bits per heavy atom. The molecule has 1 amide bonds. The fourth-order valence-electron chi connectivity index (χ4n) is 3.83. The van der Waals surface area contributed by atoms with Crippen LogP contribution in [0, 0.1) is 11.3 Å². The van der Waals surface area contributed by atoms with Crippen molar-refractivity contribution in [1.29, 1.82) is 5.26 Å². The standard InChI is InChI=1S/C18H21N7O/c1-13-12-23(17-14(10-19)20-5-6-21-17)8-9-24(13)18(26)15-11-22-16-4-2-3-7-25(15)16/h5-6,11,13H,2-4,7-9,12H2,1H3. The maximum Gasteiger partial charge on any atom is 0.272 e. The van der Waals surface area contributed by atoms with Gasteiger partial charge in [-0.3, -0.25) is 4.79 Å². The van der Waals surface area contributed by atoms with E-state index in [9.17, 15) is 10.1 Å². The minimum Gasteiger partial charge on any atom is -0.350 e. The normalized spacial score (nSPS) is 19.8. The number of imidazole rings is 1. The molecule has 2 aliphatic rings. The number of hydrogen-bond acceptors (Lipinski definition) is 6. The second kappa shape index (κ2) is 6.75. The van der Waals surface area contributed by atoms with Crippen LogP contribution in [0.2, 0.25) is 0 Å². The second-order valence-corrected chi connectivity index (χ2v) is 6.80. The molecule has 8 heteroatoms. The molecule has 1 unspecified atom stereocenters. The van der Waals surface area contributed by atoms with E-state index in [1.165, 1.54) is 6.20 Å². The molecule has 8 nitrogen and oxygen atoms in total. The van der Waals surface area contributed by atoms with E-state index in [2.05, 4.69) is 25.6 Å². The average molecular weight is 351 g/mol. The Morgan fingerprint density at radius 3 is 2.85 bits per heavy atom. The van der Waals surface area contributed by atoms with E-state index in [0.29, 0.717) is 36.8 Å². The Bertz CT molecular complexity index is 869. The molecule has 4 heterocycles. The third-order valence-corrected chi connectivity index (χ3v) is 5.16. The van der Waals surface area contributed by atoms with E-state index in [4.69, 9.17) is 0 Å². The highest BCUT2D eigenvalue weighted by atomic mass is 16.2. The summed E-state index contributed by atoms with van der Waals surface area (Å²) < 4.78 is 2.07. The summed E-state index contributed by atoms with van der Waals surface area (Å²) >= 11 is 0. The molecular formula is C18H21N7O. The number of rotatable bonds is 2. The van der Waals surface area contributed by atoms with Crippen LogP contribution in [0.3, 0.4) is 0 Å². The maximum absolute atomic E-state index is 13.1. The number of aromatic nitrogens is 4. The Balaban J connectivity index is 1.52. The molecule has 0 saturated carbocycles. The van der Waals surface area contributed by atoms with Crippen molar-refractivity contribution in [2.75, 3.05) is 24.5 Å². The number of carbonyl (C=O) groups excluding carboxylic acids is 1. The van der Waals surface area contributed by atoms with Crippen molar-refractivity contribution in [2.45, 2.75) is 38.8 Å². The van der Waals surface area contributed by atoms with Crippen LogP contribution in [0.1, 0.15) is 41.8 Å². The molecular weight excluding hydrogens is 330 g/mol. The minimum atomic E-state index is 0.0135. The van der Waals surface area contributed by atoms with Gasteiger partial charge in [-0.25, -0.2) is 15.0 Å². The van der Waals surface area contributed by atoms with E-state index in [1.54, 1.807) is 12.4 Å². The third kappa shape index (κ3) is 2.79. The van der Waals surface area contributed by atoms with Crippen LogP contribution in [0.15, 0.2) is 18.6 Å². The Labute approximate surface area is 152 Å². The number of carbonyl (C=O) groups is 1. The second-order valence-electron chi connectivity index (χ2n) is 6.80. The number of nitrogens with zero attached hydrogens (tertiary/aromatic N) is 7. The number of nitriles is 1.